The number of aromatic nitrogens is 2. The molecular weight excluding hydrogens is 338 g/mol. The zero-order chi connectivity index (χ0) is 13.2. The Balaban J connectivity index is 2.16. The van der Waals surface area contributed by atoms with Gasteiger partial charge in [0.15, 0.2) is 0 Å². The van der Waals surface area contributed by atoms with Crippen LogP contribution in [0, 0.1) is 6.92 Å². The van der Waals surface area contributed by atoms with Gasteiger partial charge in [-0.25, -0.2) is 23.1 Å². The number of nitrogens with one attached hydrogen (secondary N) is 1. The normalized spacial score (nSPS) is 11.7. The summed E-state index contributed by atoms with van der Waals surface area (Å²) in [5.74, 6) is 0. The Hall–Kier alpha value is -0.830. The number of nitrogens with zero attached hydrogens (tertiary/aromatic N) is 2. The molecule has 18 heavy (non-hydrogen) atoms. The van der Waals surface area contributed by atoms with Crippen molar-refractivity contribution in [2.24, 2.45) is 0 Å². The standard InChI is InChI=1S/C10H10BrN3O2S2/c1-7-9(4-10(11)17-7)18(15,16)14-5-8-2-3-12-6-13-8/h2-4,6,14H,5H2,1H3. The summed E-state index contributed by atoms with van der Waals surface area (Å²) in [6, 6.07) is 3.27. The van der Waals surface area contributed by atoms with Crippen LogP contribution in [0.5, 0.6) is 0 Å². The molecule has 0 aliphatic carbocycles. The molecule has 8 heteroatoms. The molecule has 96 valence electrons. The number of hydrogen-bond donors (Lipinski definition) is 1. The minimum absolute atomic E-state index is 0.151. The molecule has 0 fully saturated rings. The highest BCUT2D eigenvalue weighted by atomic mass is 79.9. The summed E-state index contributed by atoms with van der Waals surface area (Å²) in [7, 11) is -3.50. The van der Waals surface area contributed by atoms with Crippen LogP contribution in [0.1, 0.15) is 10.6 Å². The molecule has 2 rings (SSSR count). The second kappa shape index (κ2) is 5.43. The Labute approximate surface area is 117 Å². The van der Waals surface area contributed by atoms with E-state index in [9.17, 15) is 8.42 Å². The number of sulfonamides is 1. The summed E-state index contributed by atoms with van der Waals surface area (Å²) in [6.45, 7) is 1.92. The largest absolute Gasteiger partial charge is 0.245 e. The van der Waals surface area contributed by atoms with Gasteiger partial charge in [0.2, 0.25) is 10.0 Å². The van der Waals surface area contributed by atoms with E-state index in [2.05, 4.69) is 30.6 Å². The van der Waals surface area contributed by atoms with Gasteiger partial charge in [0, 0.05) is 11.1 Å². The molecule has 2 heterocycles. The molecule has 1 N–H and O–H groups in total. The average molecular weight is 348 g/mol. The SMILES string of the molecule is Cc1sc(Br)cc1S(=O)(=O)NCc1ccncn1. The summed E-state index contributed by atoms with van der Waals surface area (Å²) in [4.78, 5) is 8.78. The van der Waals surface area contributed by atoms with E-state index in [-0.39, 0.29) is 6.54 Å². The third-order valence-electron chi connectivity index (χ3n) is 2.22. The van der Waals surface area contributed by atoms with E-state index in [0.29, 0.717) is 10.6 Å². The Morgan fingerprint density at radius 1 is 1.50 bits per heavy atom. The maximum atomic E-state index is 12.1. The second-order valence-corrected chi connectivity index (χ2v) is 7.87. The van der Waals surface area contributed by atoms with E-state index in [1.54, 1.807) is 25.3 Å². The quantitative estimate of drug-likeness (QED) is 0.918. The third kappa shape index (κ3) is 3.14. The smallest absolute Gasteiger partial charge is 0.242 e. The van der Waals surface area contributed by atoms with Crippen molar-refractivity contribution >= 4 is 37.3 Å². The van der Waals surface area contributed by atoms with Crippen LogP contribution in [-0.2, 0) is 16.6 Å². The lowest BCUT2D eigenvalue weighted by Gasteiger charge is -2.05. The lowest BCUT2D eigenvalue weighted by molar-refractivity contribution is 0.580. The fraction of sp³-hybridized carbons (Fsp3) is 0.200. The molecule has 0 unspecified atom stereocenters. The molecule has 0 aromatic carbocycles. The molecule has 5 nitrogen and oxygen atoms in total. The highest BCUT2D eigenvalue weighted by Gasteiger charge is 2.19. The minimum Gasteiger partial charge on any atom is -0.245 e. The van der Waals surface area contributed by atoms with Crippen LogP contribution in [0.2, 0.25) is 0 Å². The molecule has 0 saturated heterocycles. The molecule has 2 aromatic rings. The average Bonchev–Trinajstić information content (AvgIpc) is 2.68. The Morgan fingerprint density at radius 3 is 2.83 bits per heavy atom. The number of hydrogen-bond acceptors (Lipinski definition) is 5. The van der Waals surface area contributed by atoms with Gasteiger partial charge in [0.25, 0.3) is 0 Å². The van der Waals surface area contributed by atoms with E-state index < -0.39 is 10.0 Å². The lowest BCUT2D eigenvalue weighted by Crippen LogP contribution is -2.23. The van der Waals surface area contributed by atoms with Crippen molar-refractivity contribution in [1.82, 2.24) is 14.7 Å². The minimum atomic E-state index is -3.50. The van der Waals surface area contributed by atoms with Crippen molar-refractivity contribution in [2.75, 3.05) is 0 Å². The van der Waals surface area contributed by atoms with Crippen molar-refractivity contribution in [3.63, 3.8) is 0 Å². The van der Waals surface area contributed by atoms with Gasteiger partial charge in [0.1, 0.15) is 6.33 Å². The fourth-order valence-corrected chi connectivity index (χ4v) is 4.78. The first-order chi connectivity index (χ1) is 8.49. The van der Waals surface area contributed by atoms with Gasteiger partial charge >= 0.3 is 0 Å². The summed E-state index contributed by atoms with van der Waals surface area (Å²) in [5, 5.41) is 0. The first kappa shape index (κ1) is 13.6. The summed E-state index contributed by atoms with van der Waals surface area (Å²) in [6.07, 6.45) is 2.96. The van der Waals surface area contributed by atoms with E-state index in [1.807, 2.05) is 0 Å². The van der Waals surface area contributed by atoms with Gasteiger partial charge < -0.3 is 0 Å². The first-order valence-corrected chi connectivity index (χ1v) is 8.09. The number of aryl methyl sites for hydroxylation is 1. The molecule has 0 amide bonds. The van der Waals surface area contributed by atoms with E-state index in [0.717, 1.165) is 8.66 Å². The van der Waals surface area contributed by atoms with Crippen molar-refractivity contribution in [3.05, 3.63) is 39.0 Å². The molecule has 0 saturated carbocycles. The molecule has 0 spiro atoms. The predicted molar refractivity (Wildman–Crippen MR) is 72.8 cm³/mol. The summed E-state index contributed by atoms with van der Waals surface area (Å²) < 4.78 is 27.4. The zero-order valence-corrected chi connectivity index (χ0v) is 12.6. The number of halogens is 1. The Morgan fingerprint density at radius 2 is 2.28 bits per heavy atom. The zero-order valence-electron chi connectivity index (χ0n) is 9.42. The predicted octanol–water partition coefficient (Wildman–Crippen LogP) is 2.09. The van der Waals surface area contributed by atoms with Crippen molar-refractivity contribution in [3.8, 4) is 0 Å². The molecule has 0 bridgehead atoms. The van der Waals surface area contributed by atoms with Crippen LogP contribution in [-0.4, -0.2) is 18.4 Å². The molecule has 0 aliphatic rings. The highest BCUT2D eigenvalue weighted by molar-refractivity contribution is 9.11. The first-order valence-electron chi connectivity index (χ1n) is 4.99. The van der Waals surface area contributed by atoms with E-state index in [4.69, 9.17) is 0 Å². The number of rotatable bonds is 4. The number of thiophene rings is 1. The van der Waals surface area contributed by atoms with E-state index >= 15 is 0 Å². The molecule has 0 atom stereocenters. The van der Waals surface area contributed by atoms with Crippen LogP contribution in [0.15, 0.2) is 33.3 Å². The van der Waals surface area contributed by atoms with Gasteiger partial charge in [-0.15, -0.1) is 11.3 Å². The maximum Gasteiger partial charge on any atom is 0.242 e. The van der Waals surface area contributed by atoms with Crippen molar-refractivity contribution < 1.29 is 8.42 Å². The second-order valence-electron chi connectivity index (χ2n) is 3.50. The van der Waals surface area contributed by atoms with Crippen LogP contribution in [0.4, 0.5) is 0 Å². The maximum absolute atomic E-state index is 12.1. The topological polar surface area (TPSA) is 72.0 Å². The van der Waals surface area contributed by atoms with Crippen molar-refractivity contribution in [1.29, 1.82) is 0 Å². The monoisotopic (exact) mass is 347 g/mol. The summed E-state index contributed by atoms with van der Waals surface area (Å²) in [5.41, 5.74) is 0.625. The third-order valence-corrected chi connectivity index (χ3v) is 5.43. The van der Waals surface area contributed by atoms with Gasteiger partial charge in [-0.05, 0) is 35.0 Å². The molecule has 2 aromatic heterocycles. The molecule has 0 radical (unpaired) electrons. The van der Waals surface area contributed by atoms with Gasteiger partial charge in [-0.1, -0.05) is 0 Å². The highest BCUT2D eigenvalue weighted by Crippen LogP contribution is 2.29. The molecular formula is C10H10BrN3O2S2. The summed E-state index contributed by atoms with van der Waals surface area (Å²) >= 11 is 4.67. The van der Waals surface area contributed by atoms with Gasteiger partial charge in [-0.3, -0.25) is 0 Å². The lowest BCUT2D eigenvalue weighted by atomic mass is 10.4. The Bertz CT molecular complexity index is 640. The van der Waals surface area contributed by atoms with Crippen molar-refractivity contribution in [2.45, 2.75) is 18.4 Å². The van der Waals surface area contributed by atoms with Crippen LogP contribution >= 0.6 is 27.3 Å². The molecule has 0 aliphatic heterocycles. The van der Waals surface area contributed by atoms with Gasteiger partial charge in [0.05, 0.1) is 20.9 Å². The Kier molecular flexibility index (Phi) is 4.10. The van der Waals surface area contributed by atoms with Crippen LogP contribution in [0.3, 0.4) is 0 Å². The van der Waals surface area contributed by atoms with Gasteiger partial charge in [-0.2, -0.15) is 0 Å². The van der Waals surface area contributed by atoms with Crippen LogP contribution < -0.4 is 4.72 Å². The van der Waals surface area contributed by atoms with E-state index in [1.165, 1.54) is 17.7 Å². The van der Waals surface area contributed by atoms with Crippen LogP contribution in [0.25, 0.3) is 0 Å². The fourth-order valence-electron chi connectivity index (χ4n) is 1.37.